The zero-order chi connectivity index (χ0) is 26.4. The highest BCUT2D eigenvalue weighted by atomic mass is 35.5. The average molecular weight is 573 g/mol. The Labute approximate surface area is 233 Å². The molecule has 0 spiro atoms. The molecule has 0 saturated carbocycles. The van der Waals surface area contributed by atoms with Crippen LogP contribution in [0.25, 0.3) is 11.3 Å². The maximum absolute atomic E-state index is 13.0. The van der Waals surface area contributed by atoms with Gasteiger partial charge in [-0.25, -0.2) is 4.98 Å². The van der Waals surface area contributed by atoms with Gasteiger partial charge in [0.1, 0.15) is 5.75 Å². The standard InChI is InChI=1S/C27H23Cl2N3O3S2/c1-3-24(26(34)32-27-31-23(15-36-27)16-7-10-19(35-2)11-8-16)37-20-6-4-5-18(14-20)30-25(33)21-12-9-17(28)13-22(21)29/h4-15,24H,3H2,1-2H3,(H,30,33)(H,31,32,34). The van der Waals surface area contributed by atoms with E-state index in [9.17, 15) is 9.59 Å². The molecule has 6 nitrogen and oxygen atoms in total. The Kier molecular flexibility index (Phi) is 9.10. The Morgan fingerprint density at radius 1 is 1.05 bits per heavy atom. The number of carbonyl (C=O) groups excluding carboxylic acids is 2. The Hall–Kier alpha value is -3.04. The summed E-state index contributed by atoms with van der Waals surface area (Å²) >= 11 is 14.9. The molecule has 2 amide bonds. The Morgan fingerprint density at radius 3 is 2.54 bits per heavy atom. The number of ether oxygens (including phenoxy) is 1. The van der Waals surface area contributed by atoms with Gasteiger partial charge in [0.2, 0.25) is 5.91 Å². The molecule has 4 aromatic rings. The highest BCUT2D eigenvalue weighted by Crippen LogP contribution is 2.31. The van der Waals surface area contributed by atoms with E-state index in [-0.39, 0.29) is 22.1 Å². The van der Waals surface area contributed by atoms with Gasteiger partial charge in [0.15, 0.2) is 5.13 Å². The molecular formula is C27H23Cl2N3O3S2. The zero-order valence-electron chi connectivity index (χ0n) is 20.0. The first kappa shape index (κ1) is 27.0. The van der Waals surface area contributed by atoms with Crippen LogP contribution in [-0.4, -0.2) is 29.2 Å². The van der Waals surface area contributed by atoms with Crippen molar-refractivity contribution in [2.75, 3.05) is 17.7 Å². The number of methoxy groups -OCH3 is 1. The van der Waals surface area contributed by atoms with Crippen LogP contribution in [0, 0.1) is 0 Å². The van der Waals surface area contributed by atoms with Gasteiger partial charge < -0.3 is 15.4 Å². The summed E-state index contributed by atoms with van der Waals surface area (Å²) in [4.78, 5) is 31.1. The Balaban J connectivity index is 1.39. The number of halogens is 2. The van der Waals surface area contributed by atoms with Crippen LogP contribution in [0.4, 0.5) is 10.8 Å². The Morgan fingerprint density at radius 2 is 1.84 bits per heavy atom. The van der Waals surface area contributed by atoms with E-state index < -0.39 is 0 Å². The molecule has 0 radical (unpaired) electrons. The van der Waals surface area contributed by atoms with Gasteiger partial charge in [-0.1, -0.05) is 36.2 Å². The van der Waals surface area contributed by atoms with Crippen LogP contribution in [0.5, 0.6) is 5.75 Å². The number of thioether (sulfide) groups is 1. The third-order valence-electron chi connectivity index (χ3n) is 5.33. The summed E-state index contributed by atoms with van der Waals surface area (Å²) in [6, 6.07) is 19.6. The number of thiazole rings is 1. The lowest BCUT2D eigenvalue weighted by Crippen LogP contribution is -2.24. The molecule has 0 bridgehead atoms. The number of hydrogen-bond acceptors (Lipinski definition) is 6. The Bertz CT molecular complexity index is 1410. The van der Waals surface area contributed by atoms with E-state index >= 15 is 0 Å². The summed E-state index contributed by atoms with van der Waals surface area (Å²) in [5.41, 5.74) is 2.65. The number of rotatable bonds is 9. The maximum Gasteiger partial charge on any atom is 0.257 e. The van der Waals surface area contributed by atoms with Crippen LogP contribution in [0.2, 0.25) is 10.0 Å². The molecular weight excluding hydrogens is 549 g/mol. The van der Waals surface area contributed by atoms with Crippen LogP contribution < -0.4 is 15.4 Å². The monoisotopic (exact) mass is 571 g/mol. The summed E-state index contributed by atoms with van der Waals surface area (Å²) < 4.78 is 5.20. The van der Waals surface area contributed by atoms with Crippen molar-refractivity contribution in [1.82, 2.24) is 4.98 Å². The number of benzene rings is 3. The lowest BCUT2D eigenvalue weighted by atomic mass is 10.2. The van der Waals surface area contributed by atoms with Gasteiger partial charge in [-0.15, -0.1) is 23.1 Å². The number of nitrogens with one attached hydrogen (secondary N) is 2. The number of anilines is 2. The lowest BCUT2D eigenvalue weighted by Gasteiger charge is -2.14. The summed E-state index contributed by atoms with van der Waals surface area (Å²) in [5, 5.41) is 8.61. The number of aromatic nitrogens is 1. The van der Waals surface area contributed by atoms with Crippen LogP contribution in [0.15, 0.2) is 77.0 Å². The van der Waals surface area contributed by atoms with Gasteiger partial charge in [0.25, 0.3) is 5.91 Å². The van der Waals surface area contributed by atoms with Gasteiger partial charge in [-0.05, 0) is 67.1 Å². The minimum atomic E-state index is -0.343. The summed E-state index contributed by atoms with van der Waals surface area (Å²) in [6.45, 7) is 1.95. The summed E-state index contributed by atoms with van der Waals surface area (Å²) in [7, 11) is 1.62. The van der Waals surface area contributed by atoms with Gasteiger partial charge in [-0.3, -0.25) is 9.59 Å². The minimum Gasteiger partial charge on any atom is -0.497 e. The van der Waals surface area contributed by atoms with Gasteiger partial charge in [-0.2, -0.15) is 0 Å². The predicted octanol–water partition coefficient (Wildman–Crippen LogP) is 7.89. The third kappa shape index (κ3) is 7.05. The summed E-state index contributed by atoms with van der Waals surface area (Å²) in [6.07, 6.45) is 0.615. The molecule has 0 aliphatic rings. The molecule has 37 heavy (non-hydrogen) atoms. The van der Waals surface area contributed by atoms with Crippen LogP contribution in [0.3, 0.4) is 0 Å². The predicted molar refractivity (Wildman–Crippen MR) is 154 cm³/mol. The van der Waals surface area contributed by atoms with E-state index in [0.29, 0.717) is 27.8 Å². The van der Waals surface area contributed by atoms with Gasteiger partial charge in [0, 0.05) is 26.5 Å². The third-order valence-corrected chi connectivity index (χ3v) is 7.99. The van der Waals surface area contributed by atoms with E-state index in [1.165, 1.54) is 29.2 Å². The zero-order valence-corrected chi connectivity index (χ0v) is 23.1. The summed E-state index contributed by atoms with van der Waals surface area (Å²) in [5.74, 6) is 0.295. The molecule has 0 saturated heterocycles. The second-order valence-electron chi connectivity index (χ2n) is 7.88. The van der Waals surface area contributed by atoms with Gasteiger partial charge >= 0.3 is 0 Å². The van der Waals surface area contributed by atoms with E-state index in [4.69, 9.17) is 27.9 Å². The molecule has 0 aliphatic carbocycles. The fourth-order valence-corrected chi connectivity index (χ4v) is 5.65. The van der Waals surface area contributed by atoms with E-state index in [1.807, 2.05) is 54.8 Å². The molecule has 0 aliphatic heterocycles. The molecule has 10 heteroatoms. The molecule has 2 N–H and O–H groups in total. The molecule has 1 unspecified atom stereocenters. The molecule has 3 aromatic carbocycles. The highest BCUT2D eigenvalue weighted by molar-refractivity contribution is 8.00. The van der Waals surface area contributed by atoms with Crippen LogP contribution in [0.1, 0.15) is 23.7 Å². The van der Waals surface area contributed by atoms with Crippen molar-refractivity contribution in [3.8, 4) is 17.0 Å². The first-order valence-electron chi connectivity index (χ1n) is 11.3. The normalized spacial score (nSPS) is 11.6. The second-order valence-corrected chi connectivity index (χ2v) is 10.9. The lowest BCUT2D eigenvalue weighted by molar-refractivity contribution is -0.115. The minimum absolute atomic E-state index is 0.134. The number of amides is 2. The first-order chi connectivity index (χ1) is 17.9. The molecule has 4 rings (SSSR count). The van der Waals surface area contributed by atoms with Crippen LogP contribution >= 0.6 is 46.3 Å². The molecule has 1 heterocycles. The fraction of sp³-hybridized carbons (Fsp3) is 0.148. The van der Waals surface area contributed by atoms with Crippen molar-refractivity contribution in [3.05, 3.63) is 87.7 Å². The highest BCUT2D eigenvalue weighted by Gasteiger charge is 2.20. The number of hydrogen-bond donors (Lipinski definition) is 2. The van der Waals surface area contributed by atoms with E-state index in [1.54, 1.807) is 25.3 Å². The van der Waals surface area contributed by atoms with Crippen molar-refractivity contribution >= 4 is 68.9 Å². The number of carbonyl (C=O) groups is 2. The van der Waals surface area contributed by atoms with Crippen molar-refractivity contribution in [3.63, 3.8) is 0 Å². The molecule has 1 aromatic heterocycles. The maximum atomic E-state index is 13.0. The quantitative estimate of drug-likeness (QED) is 0.200. The van der Waals surface area contributed by atoms with Crippen molar-refractivity contribution in [2.45, 2.75) is 23.5 Å². The van der Waals surface area contributed by atoms with Crippen molar-refractivity contribution in [1.29, 1.82) is 0 Å². The van der Waals surface area contributed by atoms with E-state index in [0.717, 1.165) is 21.9 Å². The van der Waals surface area contributed by atoms with Gasteiger partial charge in [0.05, 0.1) is 28.6 Å². The largest absolute Gasteiger partial charge is 0.497 e. The number of nitrogens with zero attached hydrogens (tertiary/aromatic N) is 1. The van der Waals surface area contributed by atoms with Crippen LogP contribution in [-0.2, 0) is 4.79 Å². The van der Waals surface area contributed by atoms with Crippen molar-refractivity contribution < 1.29 is 14.3 Å². The molecule has 1 atom stereocenters. The van der Waals surface area contributed by atoms with E-state index in [2.05, 4.69) is 15.6 Å². The SMILES string of the molecule is CCC(Sc1cccc(NC(=O)c2ccc(Cl)cc2Cl)c1)C(=O)Nc1nc(-c2ccc(OC)cc2)cs1. The van der Waals surface area contributed by atoms with Crippen molar-refractivity contribution in [2.24, 2.45) is 0 Å². The average Bonchev–Trinajstić information content (AvgIpc) is 3.35. The second kappa shape index (κ2) is 12.5. The molecule has 190 valence electrons. The topological polar surface area (TPSA) is 80.3 Å². The first-order valence-corrected chi connectivity index (χ1v) is 13.8. The molecule has 0 fully saturated rings. The smallest absolute Gasteiger partial charge is 0.257 e. The fourth-order valence-electron chi connectivity index (χ4n) is 3.42.